The molecule has 0 aromatic heterocycles. The predicted molar refractivity (Wildman–Crippen MR) is 237 cm³/mol. The van der Waals surface area contributed by atoms with E-state index in [0.717, 1.165) is 64.1 Å². The van der Waals surface area contributed by atoms with E-state index in [0.29, 0.717) is 0 Å². The molecule has 0 aliphatic carbocycles. The highest BCUT2D eigenvalue weighted by Gasteiger charge is 2.16. The van der Waals surface area contributed by atoms with Crippen LogP contribution in [-0.2, 0) is 0 Å². The number of benzene rings is 3. The summed E-state index contributed by atoms with van der Waals surface area (Å²) < 4.78 is 13.2. The molecule has 0 N–H and O–H groups in total. The van der Waals surface area contributed by atoms with E-state index in [1.54, 1.807) is 0 Å². The van der Waals surface area contributed by atoms with Crippen molar-refractivity contribution >= 4 is 33.1 Å². The van der Waals surface area contributed by atoms with Gasteiger partial charge < -0.3 is 9.47 Å². The Morgan fingerprint density at radius 2 is 0.623 bits per heavy atom. The highest BCUT2D eigenvalue weighted by atomic mass is 35.5. The van der Waals surface area contributed by atoms with Gasteiger partial charge in [0.25, 0.3) is 0 Å². The standard InChI is InChI=1S/C50H81ClO2/c1-3-5-7-9-11-13-15-17-19-21-23-25-27-29-31-35-41-52-49-45-37-33-34-38-46(45)50(48-43-44(51)39-40-47(48)49)53-42-36-32-30-28-26-24-22-20-18-16-14-12-10-8-6-4-2/h33-34,37-40,43H,3-32,35-36,41-42H2,1-2H3. The van der Waals surface area contributed by atoms with Crippen LogP contribution in [0.1, 0.15) is 219 Å². The molecule has 3 heteroatoms. The molecule has 3 aromatic rings. The predicted octanol–water partition coefficient (Wildman–Crippen LogP) is 17.9. The lowest BCUT2D eigenvalue weighted by Gasteiger charge is -2.18. The van der Waals surface area contributed by atoms with Gasteiger partial charge in [-0.25, -0.2) is 0 Å². The van der Waals surface area contributed by atoms with Gasteiger partial charge in [0.1, 0.15) is 11.5 Å². The first-order chi connectivity index (χ1) is 26.3. The van der Waals surface area contributed by atoms with Crippen LogP contribution in [0.25, 0.3) is 21.5 Å². The lowest BCUT2D eigenvalue weighted by atomic mass is 10.0. The number of unbranched alkanes of at least 4 members (excludes halogenated alkanes) is 30. The van der Waals surface area contributed by atoms with Crippen molar-refractivity contribution in [2.45, 2.75) is 219 Å². The monoisotopic (exact) mass is 749 g/mol. The summed E-state index contributed by atoms with van der Waals surface area (Å²) >= 11 is 6.56. The molecule has 0 aliphatic heterocycles. The highest BCUT2D eigenvalue weighted by molar-refractivity contribution is 6.31. The second kappa shape index (κ2) is 31.3. The van der Waals surface area contributed by atoms with E-state index in [1.807, 2.05) is 6.07 Å². The summed E-state index contributed by atoms with van der Waals surface area (Å²) in [5.74, 6) is 1.93. The minimum atomic E-state index is 0.740. The number of ether oxygens (including phenoxy) is 2. The molecule has 0 radical (unpaired) electrons. The van der Waals surface area contributed by atoms with Crippen molar-refractivity contribution in [3.63, 3.8) is 0 Å². The molecule has 0 aliphatic rings. The van der Waals surface area contributed by atoms with Crippen LogP contribution in [0.5, 0.6) is 11.5 Å². The quantitative estimate of drug-likeness (QED) is 0.0435. The normalized spacial score (nSPS) is 11.6. The maximum Gasteiger partial charge on any atom is 0.135 e. The second-order valence-electron chi connectivity index (χ2n) is 16.2. The molecule has 2 nitrogen and oxygen atoms in total. The molecular weight excluding hydrogens is 668 g/mol. The minimum absolute atomic E-state index is 0.740. The van der Waals surface area contributed by atoms with Gasteiger partial charge in [-0.1, -0.05) is 242 Å². The van der Waals surface area contributed by atoms with Crippen molar-refractivity contribution < 1.29 is 9.47 Å². The van der Waals surface area contributed by atoms with Crippen LogP contribution in [0.3, 0.4) is 0 Å². The van der Waals surface area contributed by atoms with Crippen molar-refractivity contribution in [1.29, 1.82) is 0 Å². The van der Waals surface area contributed by atoms with Gasteiger partial charge in [0, 0.05) is 26.6 Å². The van der Waals surface area contributed by atoms with Gasteiger partial charge in [-0.15, -0.1) is 0 Å². The lowest BCUT2D eigenvalue weighted by Crippen LogP contribution is -2.02. The summed E-state index contributed by atoms with van der Waals surface area (Å²) in [6, 6.07) is 14.8. The van der Waals surface area contributed by atoms with Crippen molar-refractivity contribution in [2.24, 2.45) is 0 Å². The fraction of sp³-hybridized carbons (Fsp3) is 0.720. The van der Waals surface area contributed by atoms with E-state index < -0.39 is 0 Å². The molecule has 0 saturated carbocycles. The van der Waals surface area contributed by atoms with Gasteiger partial charge in [0.2, 0.25) is 0 Å². The number of rotatable bonds is 36. The average Bonchev–Trinajstić information content (AvgIpc) is 3.17. The first-order valence-electron chi connectivity index (χ1n) is 23.2. The SMILES string of the molecule is CCCCCCCCCCCCCCCCCCOc1c2ccccc2c(OCCCCCCCCCCCCCCCCCC)c2cc(Cl)ccc12. The van der Waals surface area contributed by atoms with Gasteiger partial charge >= 0.3 is 0 Å². The van der Waals surface area contributed by atoms with Crippen molar-refractivity contribution in [1.82, 2.24) is 0 Å². The molecular formula is C50H81ClO2. The van der Waals surface area contributed by atoms with E-state index in [2.05, 4.69) is 50.2 Å². The molecule has 3 rings (SSSR count). The summed E-state index contributed by atoms with van der Waals surface area (Å²) in [4.78, 5) is 0. The molecule has 0 fully saturated rings. The Hall–Kier alpha value is -1.93. The van der Waals surface area contributed by atoms with Crippen LogP contribution in [0.4, 0.5) is 0 Å². The van der Waals surface area contributed by atoms with E-state index >= 15 is 0 Å². The zero-order chi connectivity index (χ0) is 37.4. The Labute approximate surface area is 332 Å². The molecule has 300 valence electrons. The number of halogens is 1. The molecule has 0 saturated heterocycles. The molecule has 0 bridgehead atoms. The highest BCUT2D eigenvalue weighted by Crippen LogP contribution is 2.43. The maximum absolute atomic E-state index is 6.59. The number of fused-ring (bicyclic) bond motifs is 2. The zero-order valence-corrected chi connectivity index (χ0v) is 35.5. The van der Waals surface area contributed by atoms with Crippen molar-refractivity contribution in [3.05, 3.63) is 47.5 Å². The maximum atomic E-state index is 6.59. The Morgan fingerprint density at radius 1 is 0.340 bits per heavy atom. The second-order valence-corrected chi connectivity index (χ2v) is 16.6. The van der Waals surface area contributed by atoms with Crippen LogP contribution >= 0.6 is 11.6 Å². The van der Waals surface area contributed by atoms with E-state index in [1.165, 1.54) is 193 Å². The number of hydrogen-bond acceptors (Lipinski definition) is 2. The summed E-state index contributed by atoms with van der Waals surface area (Å²) in [6.07, 6.45) is 44.1. The first-order valence-corrected chi connectivity index (χ1v) is 23.5. The smallest absolute Gasteiger partial charge is 0.135 e. The van der Waals surface area contributed by atoms with Gasteiger partial charge in [-0.05, 0) is 31.0 Å². The Kier molecular flexibility index (Phi) is 26.8. The Balaban J connectivity index is 1.30. The molecule has 53 heavy (non-hydrogen) atoms. The fourth-order valence-electron chi connectivity index (χ4n) is 8.03. The van der Waals surface area contributed by atoms with Crippen LogP contribution in [0, 0.1) is 0 Å². The average molecular weight is 750 g/mol. The Morgan fingerprint density at radius 3 is 0.962 bits per heavy atom. The fourth-order valence-corrected chi connectivity index (χ4v) is 8.20. The molecule has 0 spiro atoms. The molecule has 0 amide bonds. The minimum Gasteiger partial charge on any atom is -0.492 e. The van der Waals surface area contributed by atoms with E-state index in [9.17, 15) is 0 Å². The molecule has 0 heterocycles. The van der Waals surface area contributed by atoms with Gasteiger partial charge in [0.05, 0.1) is 13.2 Å². The van der Waals surface area contributed by atoms with Crippen LogP contribution in [0.2, 0.25) is 5.02 Å². The van der Waals surface area contributed by atoms with E-state index in [4.69, 9.17) is 21.1 Å². The number of hydrogen-bond donors (Lipinski definition) is 0. The lowest BCUT2D eigenvalue weighted by molar-refractivity contribution is 0.306. The first kappa shape index (κ1) is 45.5. The van der Waals surface area contributed by atoms with Crippen LogP contribution in [0.15, 0.2) is 42.5 Å². The summed E-state index contributed by atoms with van der Waals surface area (Å²) in [6.45, 7) is 6.09. The van der Waals surface area contributed by atoms with Gasteiger partial charge in [-0.2, -0.15) is 0 Å². The van der Waals surface area contributed by atoms with Crippen molar-refractivity contribution in [3.8, 4) is 11.5 Å². The van der Waals surface area contributed by atoms with E-state index in [-0.39, 0.29) is 0 Å². The Bertz CT molecular complexity index is 1300. The van der Waals surface area contributed by atoms with Gasteiger partial charge in [-0.3, -0.25) is 0 Å². The molecule has 0 unspecified atom stereocenters. The molecule has 0 atom stereocenters. The van der Waals surface area contributed by atoms with Crippen LogP contribution < -0.4 is 9.47 Å². The summed E-state index contributed by atoms with van der Waals surface area (Å²) in [5.41, 5.74) is 0. The molecule has 3 aromatic carbocycles. The van der Waals surface area contributed by atoms with Gasteiger partial charge in [0.15, 0.2) is 0 Å². The third kappa shape index (κ3) is 20.0. The third-order valence-electron chi connectivity index (χ3n) is 11.4. The summed E-state index contributed by atoms with van der Waals surface area (Å²) in [5, 5.41) is 5.17. The van der Waals surface area contributed by atoms with Crippen molar-refractivity contribution in [2.75, 3.05) is 13.2 Å². The zero-order valence-electron chi connectivity index (χ0n) is 34.8. The topological polar surface area (TPSA) is 18.5 Å². The third-order valence-corrected chi connectivity index (χ3v) is 11.6. The summed E-state index contributed by atoms with van der Waals surface area (Å²) in [7, 11) is 0. The largest absolute Gasteiger partial charge is 0.492 e. The van der Waals surface area contributed by atoms with Crippen LogP contribution in [-0.4, -0.2) is 13.2 Å².